The molecule has 0 bridgehead atoms. The monoisotopic (exact) mass is 369 g/mol. The number of anilines is 1. The minimum Gasteiger partial charge on any atom is -0.325 e. The highest BCUT2D eigenvalue weighted by molar-refractivity contribution is 7.94. The van der Waals surface area contributed by atoms with Crippen LogP contribution in [0.15, 0.2) is 53.4 Å². The van der Waals surface area contributed by atoms with E-state index < -0.39 is 20.5 Å². The van der Waals surface area contributed by atoms with Crippen molar-refractivity contribution in [3.05, 3.63) is 58.6 Å². The first-order valence-corrected chi connectivity index (χ1v) is 9.16. The highest BCUT2D eigenvalue weighted by atomic mass is 35.5. The molecule has 1 fully saturated rings. The smallest absolute Gasteiger partial charge is 0.246 e. The molecule has 2 aromatic rings. The summed E-state index contributed by atoms with van der Waals surface area (Å²) in [5, 5.41) is 3.55. The largest absolute Gasteiger partial charge is 0.325 e. The molecule has 0 saturated heterocycles. The van der Waals surface area contributed by atoms with E-state index in [1.54, 1.807) is 24.3 Å². The van der Waals surface area contributed by atoms with E-state index in [9.17, 15) is 13.2 Å². The SMILES string of the molecule is O=C(Nc1cccc(Cl)c1)C1(S(=O)(=O)c2ccc(Cl)cc2)CC1. The molecule has 1 aliphatic carbocycles. The van der Waals surface area contributed by atoms with Crippen molar-refractivity contribution in [2.45, 2.75) is 22.5 Å². The zero-order chi connectivity index (χ0) is 16.7. The Morgan fingerprint density at radius 2 is 1.65 bits per heavy atom. The number of hydrogen-bond donors (Lipinski definition) is 1. The van der Waals surface area contributed by atoms with Crippen molar-refractivity contribution in [2.24, 2.45) is 0 Å². The van der Waals surface area contributed by atoms with Gasteiger partial charge in [0.15, 0.2) is 14.6 Å². The van der Waals surface area contributed by atoms with Gasteiger partial charge in [0.1, 0.15) is 0 Å². The minimum absolute atomic E-state index is 0.0978. The highest BCUT2D eigenvalue weighted by Crippen LogP contribution is 2.47. The predicted octanol–water partition coefficient (Wildman–Crippen LogP) is 3.94. The Morgan fingerprint density at radius 1 is 1.00 bits per heavy atom. The topological polar surface area (TPSA) is 63.2 Å². The Hall–Kier alpha value is -1.56. The van der Waals surface area contributed by atoms with Crippen molar-refractivity contribution in [2.75, 3.05) is 5.32 Å². The molecule has 7 heteroatoms. The average Bonchev–Trinajstić information content (AvgIpc) is 3.30. The third-order valence-corrected chi connectivity index (χ3v) is 6.84. The summed E-state index contributed by atoms with van der Waals surface area (Å²) in [5.41, 5.74) is 0.472. The number of carbonyl (C=O) groups excluding carboxylic acids is 1. The fraction of sp³-hybridized carbons (Fsp3) is 0.188. The second kappa shape index (κ2) is 5.82. The maximum atomic E-state index is 12.8. The lowest BCUT2D eigenvalue weighted by molar-refractivity contribution is -0.116. The number of sulfone groups is 1. The minimum atomic E-state index is -3.78. The van der Waals surface area contributed by atoms with Crippen LogP contribution in [0, 0.1) is 0 Å². The molecule has 0 aliphatic heterocycles. The van der Waals surface area contributed by atoms with E-state index in [0.29, 0.717) is 28.6 Å². The maximum Gasteiger partial charge on any atom is 0.246 e. The van der Waals surface area contributed by atoms with Crippen molar-refractivity contribution in [3.63, 3.8) is 0 Å². The average molecular weight is 370 g/mol. The van der Waals surface area contributed by atoms with Crippen molar-refractivity contribution in [1.29, 1.82) is 0 Å². The van der Waals surface area contributed by atoms with Crippen LogP contribution in [-0.2, 0) is 14.6 Å². The van der Waals surface area contributed by atoms with Crippen molar-refractivity contribution >= 4 is 44.6 Å². The summed E-state index contributed by atoms with van der Waals surface area (Å²) >= 11 is 11.7. The fourth-order valence-corrected chi connectivity index (χ4v) is 4.58. The third kappa shape index (κ3) is 2.96. The lowest BCUT2D eigenvalue weighted by Gasteiger charge is -2.16. The number of benzene rings is 2. The highest BCUT2D eigenvalue weighted by Gasteiger charge is 2.61. The summed E-state index contributed by atoms with van der Waals surface area (Å²) in [6.07, 6.45) is 0.592. The molecule has 0 aromatic heterocycles. The van der Waals surface area contributed by atoms with Crippen LogP contribution in [0.1, 0.15) is 12.8 Å². The van der Waals surface area contributed by atoms with Crippen molar-refractivity contribution in [3.8, 4) is 0 Å². The van der Waals surface area contributed by atoms with Gasteiger partial charge in [0.2, 0.25) is 5.91 Å². The second-order valence-corrected chi connectivity index (χ2v) is 8.55. The molecule has 0 unspecified atom stereocenters. The summed E-state index contributed by atoms with van der Waals surface area (Å²) < 4.78 is 24.2. The van der Waals surface area contributed by atoms with Gasteiger partial charge in [-0.3, -0.25) is 4.79 Å². The summed E-state index contributed by atoms with van der Waals surface area (Å²) in [6, 6.07) is 12.4. The molecule has 3 rings (SSSR count). The molecule has 4 nitrogen and oxygen atoms in total. The van der Waals surface area contributed by atoms with Gasteiger partial charge >= 0.3 is 0 Å². The van der Waals surface area contributed by atoms with Crippen LogP contribution in [-0.4, -0.2) is 19.1 Å². The summed E-state index contributed by atoms with van der Waals surface area (Å²) in [4.78, 5) is 12.6. The molecule has 1 aliphatic rings. The number of rotatable bonds is 4. The van der Waals surface area contributed by atoms with Gasteiger partial charge in [-0.1, -0.05) is 29.3 Å². The Labute approximate surface area is 144 Å². The summed E-state index contributed by atoms with van der Waals surface area (Å²) in [5.74, 6) is -0.533. The van der Waals surface area contributed by atoms with Gasteiger partial charge in [-0.15, -0.1) is 0 Å². The van der Waals surface area contributed by atoms with Gasteiger partial charge in [0, 0.05) is 15.7 Å². The molecule has 0 heterocycles. The molecule has 120 valence electrons. The van der Waals surface area contributed by atoms with E-state index in [0.717, 1.165) is 0 Å². The summed E-state index contributed by atoms with van der Waals surface area (Å²) in [6.45, 7) is 0. The zero-order valence-electron chi connectivity index (χ0n) is 11.9. The Morgan fingerprint density at radius 3 is 2.22 bits per heavy atom. The van der Waals surface area contributed by atoms with Crippen LogP contribution in [0.25, 0.3) is 0 Å². The Balaban J connectivity index is 1.89. The van der Waals surface area contributed by atoms with Gasteiger partial charge < -0.3 is 5.32 Å². The molecule has 0 radical (unpaired) electrons. The van der Waals surface area contributed by atoms with Gasteiger partial charge in [-0.05, 0) is 55.3 Å². The van der Waals surface area contributed by atoms with Crippen LogP contribution >= 0.6 is 23.2 Å². The van der Waals surface area contributed by atoms with E-state index in [-0.39, 0.29) is 4.90 Å². The molecular formula is C16H13Cl2NO3S. The first-order chi connectivity index (χ1) is 10.8. The molecule has 1 saturated carbocycles. The molecule has 0 atom stereocenters. The molecule has 23 heavy (non-hydrogen) atoms. The van der Waals surface area contributed by atoms with E-state index >= 15 is 0 Å². The molecule has 0 spiro atoms. The lowest BCUT2D eigenvalue weighted by Crippen LogP contribution is -2.37. The van der Waals surface area contributed by atoms with E-state index in [2.05, 4.69) is 5.32 Å². The zero-order valence-corrected chi connectivity index (χ0v) is 14.3. The number of halogens is 2. The van der Waals surface area contributed by atoms with Crippen LogP contribution in [0.2, 0.25) is 10.0 Å². The molecule has 2 aromatic carbocycles. The van der Waals surface area contributed by atoms with Crippen molar-refractivity contribution < 1.29 is 13.2 Å². The van der Waals surface area contributed by atoms with Crippen LogP contribution in [0.4, 0.5) is 5.69 Å². The lowest BCUT2D eigenvalue weighted by atomic mass is 10.3. The second-order valence-electron chi connectivity index (χ2n) is 5.42. The summed E-state index contributed by atoms with van der Waals surface area (Å²) in [7, 11) is -3.78. The van der Waals surface area contributed by atoms with Gasteiger partial charge in [-0.2, -0.15) is 0 Å². The first kappa shape index (κ1) is 16.3. The fourth-order valence-electron chi connectivity index (χ4n) is 2.38. The van der Waals surface area contributed by atoms with E-state index in [4.69, 9.17) is 23.2 Å². The molecule has 1 N–H and O–H groups in total. The quantitative estimate of drug-likeness (QED) is 0.887. The molecule has 1 amide bonds. The molecular weight excluding hydrogens is 357 g/mol. The van der Waals surface area contributed by atoms with E-state index in [1.165, 1.54) is 24.3 Å². The van der Waals surface area contributed by atoms with Gasteiger partial charge in [-0.25, -0.2) is 8.42 Å². The standard InChI is InChI=1S/C16H13Cl2NO3S/c17-11-4-6-14(7-5-11)23(21,22)16(8-9-16)15(20)19-13-3-1-2-12(18)10-13/h1-7,10H,8-9H2,(H,19,20). The Kier molecular flexibility index (Phi) is 4.12. The van der Waals surface area contributed by atoms with E-state index in [1.807, 2.05) is 0 Å². The first-order valence-electron chi connectivity index (χ1n) is 6.92. The van der Waals surface area contributed by atoms with Crippen LogP contribution < -0.4 is 5.32 Å². The number of amides is 1. The normalized spacial score (nSPS) is 15.9. The van der Waals surface area contributed by atoms with Gasteiger partial charge in [0.25, 0.3) is 0 Å². The predicted molar refractivity (Wildman–Crippen MR) is 90.7 cm³/mol. The third-order valence-electron chi connectivity index (χ3n) is 3.84. The number of nitrogens with one attached hydrogen (secondary N) is 1. The van der Waals surface area contributed by atoms with Crippen molar-refractivity contribution in [1.82, 2.24) is 0 Å². The number of carbonyl (C=O) groups is 1. The maximum absolute atomic E-state index is 12.8. The number of hydrogen-bond acceptors (Lipinski definition) is 3. The van der Waals surface area contributed by atoms with Crippen LogP contribution in [0.3, 0.4) is 0 Å². The van der Waals surface area contributed by atoms with Gasteiger partial charge in [0.05, 0.1) is 4.90 Å². The Bertz CT molecular complexity index is 859. The van der Waals surface area contributed by atoms with Crippen LogP contribution in [0.5, 0.6) is 0 Å².